The van der Waals surface area contributed by atoms with Crippen molar-refractivity contribution in [3.05, 3.63) is 93.8 Å². The quantitative estimate of drug-likeness (QED) is 0.347. The summed E-state index contributed by atoms with van der Waals surface area (Å²) in [5.74, 6) is -1.98. The standard InChI is InChI=1S/C20H17FN2O3S/c1-14-7-5-6-10-19(14)27-22(13-15-8-3-2-4-9-15)16-11-17(21)20(24)18(12-16)23(25)26/h2-12,24H,13H2,1H3. The second-order valence-electron chi connectivity index (χ2n) is 5.93. The molecule has 138 valence electrons. The summed E-state index contributed by atoms with van der Waals surface area (Å²) in [5, 5.41) is 20.8. The van der Waals surface area contributed by atoms with Gasteiger partial charge >= 0.3 is 5.69 Å². The van der Waals surface area contributed by atoms with E-state index in [0.29, 0.717) is 12.2 Å². The van der Waals surface area contributed by atoms with E-state index in [0.717, 1.165) is 22.1 Å². The Morgan fingerprint density at radius 2 is 1.78 bits per heavy atom. The first kappa shape index (κ1) is 18.7. The molecule has 0 spiro atoms. The monoisotopic (exact) mass is 384 g/mol. The first-order valence-electron chi connectivity index (χ1n) is 8.17. The highest BCUT2D eigenvalue weighted by molar-refractivity contribution is 8.00. The van der Waals surface area contributed by atoms with E-state index in [4.69, 9.17) is 0 Å². The average Bonchev–Trinajstić information content (AvgIpc) is 2.65. The van der Waals surface area contributed by atoms with Crippen LogP contribution >= 0.6 is 11.9 Å². The van der Waals surface area contributed by atoms with Gasteiger partial charge < -0.3 is 9.41 Å². The van der Waals surface area contributed by atoms with Gasteiger partial charge in [-0.05, 0) is 36.1 Å². The highest BCUT2D eigenvalue weighted by Crippen LogP contribution is 2.38. The number of rotatable bonds is 6. The minimum Gasteiger partial charge on any atom is -0.500 e. The van der Waals surface area contributed by atoms with Gasteiger partial charge in [-0.3, -0.25) is 10.1 Å². The van der Waals surface area contributed by atoms with Gasteiger partial charge in [0.2, 0.25) is 5.75 Å². The van der Waals surface area contributed by atoms with Crippen molar-refractivity contribution < 1.29 is 14.4 Å². The Bertz CT molecular complexity index is 967. The Balaban J connectivity index is 2.04. The Morgan fingerprint density at radius 3 is 2.44 bits per heavy atom. The maximum absolute atomic E-state index is 14.1. The van der Waals surface area contributed by atoms with Crippen molar-refractivity contribution in [1.82, 2.24) is 0 Å². The van der Waals surface area contributed by atoms with E-state index in [-0.39, 0.29) is 0 Å². The molecule has 0 saturated carbocycles. The summed E-state index contributed by atoms with van der Waals surface area (Å²) >= 11 is 1.36. The zero-order valence-corrected chi connectivity index (χ0v) is 15.3. The van der Waals surface area contributed by atoms with Crippen LogP contribution in [0.2, 0.25) is 0 Å². The molecule has 0 heterocycles. The summed E-state index contributed by atoms with van der Waals surface area (Å²) in [4.78, 5) is 11.3. The van der Waals surface area contributed by atoms with Crippen LogP contribution in [0.5, 0.6) is 5.75 Å². The predicted octanol–water partition coefficient (Wildman–Crippen LogP) is 5.46. The lowest BCUT2D eigenvalue weighted by Gasteiger charge is -2.24. The summed E-state index contributed by atoms with van der Waals surface area (Å²) in [6, 6.07) is 19.6. The van der Waals surface area contributed by atoms with Gasteiger partial charge in [-0.1, -0.05) is 48.5 Å². The van der Waals surface area contributed by atoms with Gasteiger partial charge in [-0.2, -0.15) is 0 Å². The van der Waals surface area contributed by atoms with Crippen LogP contribution in [0.1, 0.15) is 11.1 Å². The second-order valence-corrected chi connectivity index (χ2v) is 6.99. The zero-order valence-electron chi connectivity index (χ0n) is 14.5. The lowest BCUT2D eigenvalue weighted by molar-refractivity contribution is -0.386. The molecule has 0 unspecified atom stereocenters. The Morgan fingerprint density at radius 1 is 1.11 bits per heavy atom. The van der Waals surface area contributed by atoms with Crippen molar-refractivity contribution in [3.63, 3.8) is 0 Å². The number of hydrogen-bond acceptors (Lipinski definition) is 5. The molecule has 0 saturated heterocycles. The lowest BCUT2D eigenvalue weighted by Crippen LogP contribution is -2.14. The van der Waals surface area contributed by atoms with Gasteiger partial charge in [0.05, 0.1) is 17.2 Å². The Labute approximate surface area is 160 Å². The van der Waals surface area contributed by atoms with Gasteiger partial charge in [-0.25, -0.2) is 4.39 Å². The predicted molar refractivity (Wildman–Crippen MR) is 104 cm³/mol. The normalized spacial score (nSPS) is 10.6. The van der Waals surface area contributed by atoms with E-state index in [9.17, 15) is 19.6 Å². The first-order valence-corrected chi connectivity index (χ1v) is 8.95. The van der Waals surface area contributed by atoms with Gasteiger partial charge in [0.15, 0.2) is 5.82 Å². The maximum Gasteiger partial charge on any atom is 0.315 e. The number of aryl methyl sites for hydroxylation is 1. The van der Waals surface area contributed by atoms with Crippen molar-refractivity contribution in [2.75, 3.05) is 4.31 Å². The molecule has 1 N–H and O–H groups in total. The summed E-state index contributed by atoms with van der Waals surface area (Å²) in [7, 11) is 0. The molecule has 7 heteroatoms. The van der Waals surface area contributed by atoms with Crippen LogP contribution in [0.15, 0.2) is 71.6 Å². The van der Waals surface area contributed by atoms with Crippen molar-refractivity contribution >= 4 is 23.3 Å². The van der Waals surface area contributed by atoms with Crippen LogP contribution in [0.3, 0.4) is 0 Å². The Hall–Kier alpha value is -3.06. The summed E-state index contributed by atoms with van der Waals surface area (Å²) < 4.78 is 15.9. The largest absolute Gasteiger partial charge is 0.500 e. The van der Waals surface area contributed by atoms with Gasteiger partial charge in [0, 0.05) is 17.0 Å². The van der Waals surface area contributed by atoms with E-state index in [1.807, 2.05) is 61.5 Å². The SMILES string of the molecule is Cc1ccccc1SN(Cc1ccccc1)c1cc(F)c(O)c([N+](=O)[O-])c1. The van der Waals surface area contributed by atoms with E-state index in [1.54, 1.807) is 4.31 Å². The molecule has 0 aliphatic heterocycles. The molecule has 3 aromatic rings. The second kappa shape index (κ2) is 8.09. The fourth-order valence-corrected chi connectivity index (χ4v) is 3.57. The van der Waals surface area contributed by atoms with Crippen LogP contribution < -0.4 is 4.31 Å². The number of nitro groups is 1. The highest BCUT2D eigenvalue weighted by atomic mass is 32.2. The summed E-state index contributed by atoms with van der Waals surface area (Å²) in [5.41, 5.74) is 1.64. The maximum atomic E-state index is 14.1. The molecule has 0 aliphatic carbocycles. The molecular weight excluding hydrogens is 367 g/mol. The fraction of sp³-hybridized carbons (Fsp3) is 0.100. The molecule has 0 aromatic heterocycles. The zero-order chi connectivity index (χ0) is 19.4. The fourth-order valence-electron chi connectivity index (χ4n) is 2.56. The molecule has 5 nitrogen and oxygen atoms in total. The van der Waals surface area contributed by atoms with E-state index in [2.05, 4.69) is 0 Å². The van der Waals surface area contributed by atoms with Crippen molar-refractivity contribution in [3.8, 4) is 5.75 Å². The van der Waals surface area contributed by atoms with Crippen LogP contribution in [-0.4, -0.2) is 10.0 Å². The first-order chi connectivity index (χ1) is 13.0. The summed E-state index contributed by atoms with van der Waals surface area (Å²) in [6.07, 6.45) is 0. The number of phenolic OH excluding ortho intramolecular Hbond substituents is 1. The average molecular weight is 384 g/mol. The molecule has 0 atom stereocenters. The summed E-state index contributed by atoms with van der Waals surface area (Å²) in [6.45, 7) is 2.37. The third kappa shape index (κ3) is 4.38. The number of hydrogen-bond donors (Lipinski definition) is 1. The topological polar surface area (TPSA) is 66.6 Å². The highest BCUT2D eigenvalue weighted by Gasteiger charge is 2.22. The molecule has 3 aromatic carbocycles. The number of nitrogens with zero attached hydrogens (tertiary/aromatic N) is 2. The number of phenols is 1. The molecule has 0 fully saturated rings. The molecule has 0 bridgehead atoms. The number of aromatic hydroxyl groups is 1. The van der Waals surface area contributed by atoms with Crippen LogP contribution in [0.4, 0.5) is 15.8 Å². The molecule has 0 amide bonds. The number of benzene rings is 3. The third-order valence-corrected chi connectivity index (χ3v) is 5.20. The van der Waals surface area contributed by atoms with E-state index in [1.165, 1.54) is 18.0 Å². The third-order valence-electron chi connectivity index (χ3n) is 3.98. The lowest BCUT2D eigenvalue weighted by atomic mass is 10.2. The van der Waals surface area contributed by atoms with Gasteiger partial charge in [0.25, 0.3) is 0 Å². The van der Waals surface area contributed by atoms with Crippen LogP contribution in [0, 0.1) is 22.9 Å². The van der Waals surface area contributed by atoms with E-state index >= 15 is 0 Å². The number of nitro benzene ring substituents is 1. The smallest absolute Gasteiger partial charge is 0.315 e. The molecule has 0 aliphatic rings. The number of anilines is 1. The molecule has 3 rings (SSSR count). The van der Waals surface area contributed by atoms with Crippen molar-refractivity contribution in [2.45, 2.75) is 18.4 Å². The molecular formula is C20H17FN2O3S. The number of halogens is 1. The van der Waals surface area contributed by atoms with Crippen molar-refractivity contribution in [2.24, 2.45) is 0 Å². The molecule has 0 radical (unpaired) electrons. The molecule has 27 heavy (non-hydrogen) atoms. The minimum atomic E-state index is -1.03. The van der Waals surface area contributed by atoms with Crippen LogP contribution in [-0.2, 0) is 6.54 Å². The van der Waals surface area contributed by atoms with Gasteiger partial charge in [-0.15, -0.1) is 0 Å². The van der Waals surface area contributed by atoms with Crippen LogP contribution in [0.25, 0.3) is 0 Å². The van der Waals surface area contributed by atoms with Crippen molar-refractivity contribution in [1.29, 1.82) is 0 Å². The van der Waals surface area contributed by atoms with Gasteiger partial charge in [0.1, 0.15) is 0 Å². The minimum absolute atomic E-state index is 0.300. The Kier molecular flexibility index (Phi) is 5.61. The van der Waals surface area contributed by atoms with E-state index < -0.39 is 22.2 Å².